The lowest BCUT2D eigenvalue weighted by Gasteiger charge is -2.35. The van der Waals surface area contributed by atoms with E-state index in [1.54, 1.807) is 36.7 Å². The first-order valence-electron chi connectivity index (χ1n) is 14.2. The molecule has 8 nitrogen and oxygen atoms in total. The summed E-state index contributed by atoms with van der Waals surface area (Å²) in [4.78, 5) is 33.1. The van der Waals surface area contributed by atoms with Gasteiger partial charge < -0.3 is 25.0 Å². The van der Waals surface area contributed by atoms with Gasteiger partial charge in [0.15, 0.2) is 0 Å². The molecule has 1 fully saturated rings. The summed E-state index contributed by atoms with van der Waals surface area (Å²) in [5, 5.41) is 5.96. The zero-order valence-corrected chi connectivity index (χ0v) is 24.0. The van der Waals surface area contributed by atoms with Crippen molar-refractivity contribution in [2.45, 2.75) is 25.8 Å². The van der Waals surface area contributed by atoms with Crippen LogP contribution in [0.5, 0.6) is 11.5 Å². The highest BCUT2D eigenvalue weighted by Gasteiger charge is 2.24. The number of anilines is 2. The zero-order valence-electron chi connectivity index (χ0n) is 24.0. The Hall–Kier alpha value is -4.85. The van der Waals surface area contributed by atoms with Crippen LogP contribution < -0.4 is 25.0 Å². The van der Waals surface area contributed by atoms with Gasteiger partial charge in [0, 0.05) is 55.0 Å². The van der Waals surface area contributed by atoms with Crippen LogP contribution in [0.4, 0.5) is 11.4 Å². The molecule has 1 aromatic heterocycles. The van der Waals surface area contributed by atoms with Crippen molar-refractivity contribution < 1.29 is 19.1 Å². The van der Waals surface area contributed by atoms with E-state index in [9.17, 15) is 9.59 Å². The van der Waals surface area contributed by atoms with Crippen LogP contribution in [0.1, 0.15) is 44.7 Å². The third-order valence-electron chi connectivity index (χ3n) is 7.61. The highest BCUT2D eigenvalue weighted by Crippen LogP contribution is 2.31. The fraction of sp³-hybridized carbons (Fsp3) is 0.265. The van der Waals surface area contributed by atoms with Crippen molar-refractivity contribution in [3.8, 4) is 11.5 Å². The first-order valence-corrected chi connectivity index (χ1v) is 14.2. The minimum atomic E-state index is -0.330. The SMILES string of the molecule is COc1cc(OC)cc(C(=O)Nc2ccc(N3CCC(Cc4ccccc4)CC3)c(C(=O)NCc3cccnc3)c2)c1. The Morgan fingerprint density at radius 1 is 0.857 bits per heavy atom. The molecule has 0 spiro atoms. The molecule has 0 radical (unpaired) electrons. The monoisotopic (exact) mass is 564 g/mol. The number of methoxy groups -OCH3 is 2. The molecule has 5 rings (SSSR count). The first-order chi connectivity index (χ1) is 20.5. The molecule has 4 aromatic rings. The molecule has 0 saturated carbocycles. The number of amides is 2. The Morgan fingerprint density at radius 3 is 2.24 bits per heavy atom. The molecular weight excluding hydrogens is 528 g/mol. The van der Waals surface area contributed by atoms with E-state index in [0.29, 0.717) is 40.8 Å². The summed E-state index contributed by atoms with van der Waals surface area (Å²) in [6.45, 7) is 2.07. The average molecular weight is 565 g/mol. The van der Waals surface area contributed by atoms with Gasteiger partial charge in [0.2, 0.25) is 0 Å². The van der Waals surface area contributed by atoms with E-state index in [1.165, 1.54) is 19.8 Å². The number of rotatable bonds is 10. The normalized spacial score (nSPS) is 13.3. The van der Waals surface area contributed by atoms with Gasteiger partial charge in [0.1, 0.15) is 11.5 Å². The summed E-state index contributed by atoms with van der Waals surface area (Å²) >= 11 is 0. The summed E-state index contributed by atoms with van der Waals surface area (Å²) in [5.41, 5.74) is 4.56. The molecule has 2 amide bonds. The number of ether oxygens (including phenoxy) is 2. The van der Waals surface area contributed by atoms with Crippen LogP contribution in [0.25, 0.3) is 0 Å². The van der Waals surface area contributed by atoms with E-state index in [0.717, 1.165) is 43.6 Å². The van der Waals surface area contributed by atoms with E-state index < -0.39 is 0 Å². The largest absolute Gasteiger partial charge is 0.497 e. The van der Waals surface area contributed by atoms with Gasteiger partial charge in [-0.25, -0.2) is 0 Å². The number of hydrogen-bond donors (Lipinski definition) is 2. The van der Waals surface area contributed by atoms with Gasteiger partial charge in [-0.3, -0.25) is 14.6 Å². The second kappa shape index (κ2) is 13.7. The second-order valence-corrected chi connectivity index (χ2v) is 10.5. The number of aromatic nitrogens is 1. The van der Waals surface area contributed by atoms with Crippen molar-refractivity contribution in [1.82, 2.24) is 10.3 Å². The van der Waals surface area contributed by atoms with Crippen molar-refractivity contribution in [2.24, 2.45) is 5.92 Å². The Morgan fingerprint density at radius 2 is 1.57 bits per heavy atom. The summed E-state index contributed by atoms with van der Waals surface area (Å²) in [5.74, 6) is 1.09. The van der Waals surface area contributed by atoms with E-state index in [-0.39, 0.29) is 11.8 Å². The smallest absolute Gasteiger partial charge is 0.255 e. The Labute approximate surface area is 246 Å². The van der Waals surface area contributed by atoms with Crippen LogP contribution in [0.15, 0.2) is 91.3 Å². The molecule has 8 heteroatoms. The third-order valence-corrected chi connectivity index (χ3v) is 7.61. The molecule has 1 aliphatic heterocycles. The number of benzene rings is 3. The zero-order chi connectivity index (χ0) is 29.3. The number of carbonyl (C=O) groups excluding carboxylic acids is 2. The maximum absolute atomic E-state index is 13.6. The lowest BCUT2D eigenvalue weighted by molar-refractivity contribution is 0.0950. The standard InChI is InChI=1S/C34H36N4O4/c1-41-29-18-27(19-30(21-29)42-2)33(39)37-28-10-11-32(31(20-28)34(40)36-23-26-9-6-14-35-22-26)38-15-12-25(13-16-38)17-24-7-4-3-5-8-24/h3-11,14,18-22,25H,12-13,15-17,23H2,1-2H3,(H,36,40)(H,37,39). The molecule has 0 aliphatic carbocycles. The van der Waals surface area contributed by atoms with Gasteiger partial charge in [-0.1, -0.05) is 36.4 Å². The molecule has 216 valence electrons. The Balaban J connectivity index is 1.35. The molecular formula is C34H36N4O4. The number of carbonyl (C=O) groups is 2. The summed E-state index contributed by atoms with van der Waals surface area (Å²) < 4.78 is 10.6. The van der Waals surface area contributed by atoms with Crippen LogP contribution in [-0.2, 0) is 13.0 Å². The third kappa shape index (κ3) is 7.26. The van der Waals surface area contributed by atoms with Crippen LogP contribution >= 0.6 is 0 Å². The van der Waals surface area contributed by atoms with Crippen molar-refractivity contribution >= 4 is 23.2 Å². The highest BCUT2D eigenvalue weighted by atomic mass is 16.5. The molecule has 1 aliphatic rings. The maximum Gasteiger partial charge on any atom is 0.255 e. The van der Waals surface area contributed by atoms with Gasteiger partial charge in [-0.15, -0.1) is 0 Å². The van der Waals surface area contributed by atoms with Gasteiger partial charge in [-0.2, -0.15) is 0 Å². The van der Waals surface area contributed by atoms with Crippen LogP contribution in [-0.4, -0.2) is 44.1 Å². The molecule has 3 aromatic carbocycles. The first kappa shape index (κ1) is 28.7. The molecule has 0 atom stereocenters. The van der Waals surface area contributed by atoms with Crippen LogP contribution in [0.2, 0.25) is 0 Å². The summed E-state index contributed by atoms with van der Waals surface area (Å²) in [7, 11) is 3.08. The number of nitrogens with zero attached hydrogens (tertiary/aromatic N) is 2. The molecule has 2 heterocycles. The fourth-order valence-electron chi connectivity index (χ4n) is 5.32. The van der Waals surface area contributed by atoms with Gasteiger partial charge >= 0.3 is 0 Å². The molecule has 1 saturated heterocycles. The van der Waals surface area contributed by atoms with Gasteiger partial charge in [0.25, 0.3) is 11.8 Å². The second-order valence-electron chi connectivity index (χ2n) is 10.5. The number of pyridine rings is 1. The van der Waals surface area contributed by atoms with E-state index >= 15 is 0 Å². The van der Waals surface area contributed by atoms with Gasteiger partial charge in [0.05, 0.1) is 19.8 Å². The van der Waals surface area contributed by atoms with Crippen LogP contribution in [0.3, 0.4) is 0 Å². The lowest BCUT2D eigenvalue weighted by Crippen LogP contribution is -2.36. The summed E-state index contributed by atoms with van der Waals surface area (Å²) in [6, 6.07) is 24.9. The van der Waals surface area contributed by atoms with Crippen molar-refractivity contribution in [3.05, 3.63) is 114 Å². The Kier molecular flexibility index (Phi) is 9.33. The van der Waals surface area contributed by atoms with E-state index in [1.807, 2.05) is 30.3 Å². The number of piperidine rings is 1. The predicted molar refractivity (Wildman–Crippen MR) is 164 cm³/mol. The Bertz CT molecular complexity index is 1480. The minimum Gasteiger partial charge on any atom is -0.497 e. The highest BCUT2D eigenvalue weighted by molar-refractivity contribution is 6.06. The number of nitrogens with one attached hydrogen (secondary N) is 2. The van der Waals surface area contributed by atoms with Crippen LogP contribution in [0, 0.1) is 5.92 Å². The van der Waals surface area contributed by atoms with Crippen molar-refractivity contribution in [1.29, 1.82) is 0 Å². The quantitative estimate of drug-likeness (QED) is 0.255. The summed E-state index contributed by atoms with van der Waals surface area (Å²) in [6.07, 6.45) is 6.59. The molecule has 42 heavy (non-hydrogen) atoms. The predicted octanol–water partition coefficient (Wildman–Crippen LogP) is 5.74. The van der Waals surface area contributed by atoms with Crippen molar-refractivity contribution in [3.63, 3.8) is 0 Å². The maximum atomic E-state index is 13.6. The molecule has 0 unspecified atom stereocenters. The van der Waals surface area contributed by atoms with E-state index in [4.69, 9.17) is 9.47 Å². The number of hydrogen-bond acceptors (Lipinski definition) is 6. The topological polar surface area (TPSA) is 92.8 Å². The van der Waals surface area contributed by atoms with E-state index in [2.05, 4.69) is 44.8 Å². The minimum absolute atomic E-state index is 0.209. The fourth-order valence-corrected chi connectivity index (χ4v) is 5.32. The molecule has 2 N–H and O–H groups in total. The lowest BCUT2D eigenvalue weighted by atomic mass is 9.89. The molecule has 0 bridgehead atoms. The van der Waals surface area contributed by atoms with Crippen molar-refractivity contribution in [2.75, 3.05) is 37.5 Å². The van der Waals surface area contributed by atoms with Gasteiger partial charge in [-0.05, 0) is 72.7 Å². The average Bonchev–Trinajstić information content (AvgIpc) is 3.04.